The lowest BCUT2D eigenvalue weighted by atomic mass is 10.1. The Hall–Kier alpha value is -0.340. The molecule has 0 bridgehead atoms. The molecule has 0 aromatic carbocycles. The van der Waals surface area contributed by atoms with E-state index in [9.17, 15) is 0 Å². The highest BCUT2D eigenvalue weighted by Gasteiger charge is 2.28. The Morgan fingerprint density at radius 1 is 1.70 bits per heavy atom. The van der Waals surface area contributed by atoms with Crippen molar-refractivity contribution in [3.05, 3.63) is 11.6 Å². The highest BCUT2D eigenvalue weighted by molar-refractivity contribution is 5.23. The van der Waals surface area contributed by atoms with Crippen LogP contribution >= 0.6 is 0 Å². The zero-order valence-corrected chi connectivity index (χ0v) is 6.35. The lowest BCUT2D eigenvalue weighted by Crippen LogP contribution is -2.23. The summed E-state index contributed by atoms with van der Waals surface area (Å²) >= 11 is 0. The van der Waals surface area contributed by atoms with Gasteiger partial charge in [-0.1, -0.05) is 11.6 Å². The van der Waals surface area contributed by atoms with Gasteiger partial charge in [0.2, 0.25) is 0 Å². The molecule has 2 aliphatic rings. The number of fused-ring (bicyclic) bond motifs is 1. The summed E-state index contributed by atoms with van der Waals surface area (Å²) in [6, 6.07) is 0.655. The van der Waals surface area contributed by atoms with Crippen LogP contribution in [-0.4, -0.2) is 26.2 Å². The van der Waals surface area contributed by atoms with Crippen LogP contribution in [0.15, 0.2) is 11.6 Å². The molecule has 0 saturated carbocycles. The predicted molar refractivity (Wildman–Crippen MR) is 41.9 cm³/mol. The molecule has 0 spiro atoms. The van der Waals surface area contributed by atoms with Gasteiger partial charge in [0.15, 0.2) is 0 Å². The number of hydrogen-bond donors (Lipinski definition) is 2. The fraction of sp³-hybridized carbons (Fsp3) is 0.750. The van der Waals surface area contributed by atoms with Crippen molar-refractivity contribution in [2.45, 2.75) is 12.5 Å². The van der Waals surface area contributed by atoms with Crippen LogP contribution in [0.2, 0.25) is 0 Å². The van der Waals surface area contributed by atoms with Crippen molar-refractivity contribution in [3.8, 4) is 0 Å². The normalized spacial score (nSPS) is 37.9. The molecule has 1 heterocycles. The number of likely N-dealkylation sites (N-methyl/N-ethyl adjacent to an activating group) is 1. The van der Waals surface area contributed by atoms with Gasteiger partial charge in [0.25, 0.3) is 0 Å². The van der Waals surface area contributed by atoms with Gasteiger partial charge < -0.3 is 10.6 Å². The van der Waals surface area contributed by atoms with E-state index >= 15 is 0 Å². The Kier molecular flexibility index (Phi) is 1.51. The molecule has 2 N–H and O–H groups in total. The Morgan fingerprint density at radius 2 is 2.60 bits per heavy atom. The Morgan fingerprint density at radius 3 is 3.30 bits per heavy atom. The Balaban J connectivity index is 2.08. The van der Waals surface area contributed by atoms with Gasteiger partial charge in [0.05, 0.1) is 0 Å². The second-order valence-electron chi connectivity index (χ2n) is 3.20. The van der Waals surface area contributed by atoms with Crippen LogP contribution in [0.3, 0.4) is 0 Å². The quantitative estimate of drug-likeness (QED) is 0.503. The van der Waals surface area contributed by atoms with Crippen LogP contribution in [0.4, 0.5) is 0 Å². The molecular formula is C8H14N2. The fourth-order valence-corrected chi connectivity index (χ4v) is 1.93. The maximum Gasteiger partial charge on any atom is 0.0256 e. The molecule has 1 aliphatic heterocycles. The summed E-state index contributed by atoms with van der Waals surface area (Å²) in [6.07, 6.45) is 3.68. The molecule has 2 heteroatoms. The summed E-state index contributed by atoms with van der Waals surface area (Å²) in [5.74, 6) is 0.845. The van der Waals surface area contributed by atoms with Crippen LogP contribution in [-0.2, 0) is 0 Å². The van der Waals surface area contributed by atoms with Gasteiger partial charge in [0.1, 0.15) is 0 Å². The first-order valence-electron chi connectivity index (χ1n) is 3.98. The first-order valence-corrected chi connectivity index (χ1v) is 3.98. The van der Waals surface area contributed by atoms with E-state index in [-0.39, 0.29) is 0 Å². The summed E-state index contributed by atoms with van der Waals surface area (Å²) in [5, 5.41) is 6.66. The molecule has 2 rings (SSSR count). The molecule has 1 saturated heterocycles. The lowest BCUT2D eigenvalue weighted by Gasteiger charge is -2.07. The third-order valence-electron chi connectivity index (χ3n) is 2.57. The van der Waals surface area contributed by atoms with Gasteiger partial charge in [0, 0.05) is 19.1 Å². The molecule has 0 amide bonds. The van der Waals surface area contributed by atoms with Gasteiger partial charge in [-0.15, -0.1) is 0 Å². The Bertz CT molecular complexity index is 163. The van der Waals surface area contributed by atoms with Crippen molar-refractivity contribution in [1.29, 1.82) is 0 Å². The SMILES string of the molecule is CNC1C=C2CNCC2C1. The average molecular weight is 138 g/mol. The van der Waals surface area contributed by atoms with Gasteiger partial charge in [-0.2, -0.15) is 0 Å². The molecule has 1 fully saturated rings. The molecule has 1 aliphatic carbocycles. The first kappa shape index (κ1) is 6.38. The van der Waals surface area contributed by atoms with Crippen LogP contribution in [0.1, 0.15) is 6.42 Å². The Labute approximate surface area is 61.7 Å². The number of hydrogen-bond acceptors (Lipinski definition) is 2. The van der Waals surface area contributed by atoms with Crippen molar-refractivity contribution >= 4 is 0 Å². The van der Waals surface area contributed by atoms with Crippen LogP contribution in [0, 0.1) is 5.92 Å². The zero-order chi connectivity index (χ0) is 6.97. The molecule has 0 aromatic rings. The van der Waals surface area contributed by atoms with Gasteiger partial charge >= 0.3 is 0 Å². The minimum Gasteiger partial charge on any atom is -0.314 e. The van der Waals surface area contributed by atoms with Gasteiger partial charge in [-0.3, -0.25) is 0 Å². The third-order valence-corrected chi connectivity index (χ3v) is 2.57. The standard InChI is InChI=1S/C8H14N2/c1-9-8-2-6-4-10-5-7(6)3-8/h2,7-10H,3-5H2,1H3. The smallest absolute Gasteiger partial charge is 0.0256 e. The maximum absolute atomic E-state index is 3.37. The lowest BCUT2D eigenvalue weighted by molar-refractivity contribution is 0.544. The van der Waals surface area contributed by atoms with Crippen molar-refractivity contribution < 1.29 is 0 Å². The molecular weight excluding hydrogens is 124 g/mol. The summed E-state index contributed by atoms with van der Waals surface area (Å²) in [7, 11) is 2.04. The van der Waals surface area contributed by atoms with Gasteiger partial charge in [-0.25, -0.2) is 0 Å². The second-order valence-corrected chi connectivity index (χ2v) is 3.20. The number of rotatable bonds is 1. The highest BCUT2D eigenvalue weighted by atomic mass is 14.9. The van der Waals surface area contributed by atoms with E-state index in [1.165, 1.54) is 13.0 Å². The highest BCUT2D eigenvalue weighted by Crippen LogP contribution is 2.28. The monoisotopic (exact) mass is 138 g/mol. The van der Waals surface area contributed by atoms with Crippen molar-refractivity contribution in [2.75, 3.05) is 20.1 Å². The van der Waals surface area contributed by atoms with E-state index in [1.54, 1.807) is 5.57 Å². The topological polar surface area (TPSA) is 24.1 Å². The summed E-state index contributed by atoms with van der Waals surface area (Å²) < 4.78 is 0. The van der Waals surface area contributed by atoms with Crippen LogP contribution in [0.5, 0.6) is 0 Å². The van der Waals surface area contributed by atoms with E-state index in [1.807, 2.05) is 7.05 Å². The third kappa shape index (κ3) is 0.879. The van der Waals surface area contributed by atoms with Crippen molar-refractivity contribution in [2.24, 2.45) is 5.92 Å². The van der Waals surface area contributed by atoms with E-state index in [0.717, 1.165) is 12.5 Å². The maximum atomic E-state index is 3.37. The minimum atomic E-state index is 0.655. The summed E-state index contributed by atoms with van der Waals surface area (Å²) in [5.41, 5.74) is 1.62. The second kappa shape index (κ2) is 2.36. The zero-order valence-electron chi connectivity index (χ0n) is 6.35. The van der Waals surface area contributed by atoms with Crippen molar-refractivity contribution in [1.82, 2.24) is 10.6 Å². The predicted octanol–water partition coefficient (Wildman–Crippen LogP) is 0.124. The van der Waals surface area contributed by atoms with Gasteiger partial charge in [-0.05, 0) is 19.4 Å². The molecule has 0 aromatic heterocycles. The largest absolute Gasteiger partial charge is 0.314 e. The fourth-order valence-electron chi connectivity index (χ4n) is 1.93. The molecule has 2 nitrogen and oxygen atoms in total. The molecule has 2 atom stereocenters. The summed E-state index contributed by atoms with van der Waals surface area (Å²) in [6.45, 7) is 2.33. The van der Waals surface area contributed by atoms with E-state index in [4.69, 9.17) is 0 Å². The van der Waals surface area contributed by atoms with Crippen molar-refractivity contribution in [3.63, 3.8) is 0 Å². The first-order chi connectivity index (χ1) is 4.90. The van der Waals surface area contributed by atoms with E-state index < -0.39 is 0 Å². The molecule has 10 heavy (non-hydrogen) atoms. The molecule has 56 valence electrons. The van der Waals surface area contributed by atoms with Crippen LogP contribution in [0.25, 0.3) is 0 Å². The summed E-state index contributed by atoms with van der Waals surface area (Å²) in [4.78, 5) is 0. The molecule has 0 radical (unpaired) electrons. The molecule has 2 unspecified atom stereocenters. The van der Waals surface area contributed by atoms with E-state index in [2.05, 4.69) is 16.7 Å². The number of nitrogens with one attached hydrogen (secondary N) is 2. The minimum absolute atomic E-state index is 0.655. The van der Waals surface area contributed by atoms with E-state index in [0.29, 0.717) is 6.04 Å². The average Bonchev–Trinajstić information content (AvgIpc) is 2.42. The van der Waals surface area contributed by atoms with Crippen LogP contribution < -0.4 is 10.6 Å².